The van der Waals surface area contributed by atoms with Crippen LogP contribution < -0.4 is 15.4 Å². The molecule has 0 bridgehead atoms. The van der Waals surface area contributed by atoms with Crippen molar-refractivity contribution in [1.82, 2.24) is 9.97 Å². The second kappa shape index (κ2) is 8.68. The van der Waals surface area contributed by atoms with Crippen LogP contribution in [0.4, 0.5) is 17.3 Å². The topological polar surface area (TPSA) is 59.1 Å². The van der Waals surface area contributed by atoms with Crippen molar-refractivity contribution < 1.29 is 4.74 Å². The maximum atomic E-state index is 5.45. The molecule has 3 aromatic rings. The number of rotatable bonds is 8. The maximum absolute atomic E-state index is 5.45. The molecule has 5 heteroatoms. The monoisotopic (exact) mass is 334 g/mol. The van der Waals surface area contributed by atoms with Gasteiger partial charge in [0.1, 0.15) is 23.7 Å². The second-order valence-corrected chi connectivity index (χ2v) is 5.53. The molecule has 0 aliphatic carbocycles. The standard InChI is InChI=1S/C20H22N4O/c1-2-25-18-10-8-17(9-11-18)24-20-14-19(22-15-23-20)21-13-12-16-6-4-3-5-7-16/h3-11,14-15H,2,12-13H2,1H3,(H2,21,22,23,24). The Morgan fingerprint density at radius 2 is 1.68 bits per heavy atom. The molecule has 0 aliphatic rings. The van der Waals surface area contributed by atoms with Crippen molar-refractivity contribution in [2.24, 2.45) is 0 Å². The minimum Gasteiger partial charge on any atom is -0.494 e. The smallest absolute Gasteiger partial charge is 0.135 e. The highest BCUT2D eigenvalue weighted by molar-refractivity contribution is 5.59. The van der Waals surface area contributed by atoms with Crippen molar-refractivity contribution in [2.45, 2.75) is 13.3 Å². The highest BCUT2D eigenvalue weighted by Crippen LogP contribution is 2.19. The van der Waals surface area contributed by atoms with Gasteiger partial charge in [0.05, 0.1) is 6.61 Å². The lowest BCUT2D eigenvalue weighted by atomic mass is 10.1. The van der Waals surface area contributed by atoms with E-state index in [4.69, 9.17) is 4.74 Å². The minimum atomic E-state index is 0.663. The molecule has 1 aromatic heterocycles. The van der Waals surface area contributed by atoms with Crippen molar-refractivity contribution in [3.8, 4) is 5.75 Å². The van der Waals surface area contributed by atoms with Gasteiger partial charge in [0, 0.05) is 18.3 Å². The lowest BCUT2D eigenvalue weighted by Crippen LogP contribution is -2.07. The Hall–Kier alpha value is -3.08. The number of nitrogens with zero attached hydrogens (tertiary/aromatic N) is 2. The van der Waals surface area contributed by atoms with Gasteiger partial charge in [0.15, 0.2) is 0 Å². The summed E-state index contributed by atoms with van der Waals surface area (Å²) < 4.78 is 5.45. The molecule has 0 atom stereocenters. The summed E-state index contributed by atoms with van der Waals surface area (Å²) >= 11 is 0. The van der Waals surface area contributed by atoms with Gasteiger partial charge in [-0.1, -0.05) is 30.3 Å². The molecule has 2 N–H and O–H groups in total. The molecular formula is C20H22N4O. The first kappa shape index (κ1) is 16.8. The van der Waals surface area contributed by atoms with E-state index in [1.165, 1.54) is 5.56 Å². The number of hydrogen-bond acceptors (Lipinski definition) is 5. The number of aromatic nitrogens is 2. The van der Waals surface area contributed by atoms with Crippen LogP contribution in [0.1, 0.15) is 12.5 Å². The van der Waals surface area contributed by atoms with Gasteiger partial charge < -0.3 is 15.4 Å². The van der Waals surface area contributed by atoms with Crippen molar-refractivity contribution >= 4 is 17.3 Å². The van der Waals surface area contributed by atoms with E-state index in [-0.39, 0.29) is 0 Å². The highest BCUT2D eigenvalue weighted by atomic mass is 16.5. The fourth-order valence-electron chi connectivity index (χ4n) is 2.45. The third-order valence-corrected chi connectivity index (χ3v) is 3.67. The minimum absolute atomic E-state index is 0.663. The van der Waals surface area contributed by atoms with Crippen LogP contribution in [0.5, 0.6) is 5.75 Å². The molecule has 3 rings (SSSR count). The highest BCUT2D eigenvalue weighted by Gasteiger charge is 2.01. The van der Waals surface area contributed by atoms with E-state index in [9.17, 15) is 0 Å². The molecule has 5 nitrogen and oxygen atoms in total. The van der Waals surface area contributed by atoms with E-state index in [0.29, 0.717) is 6.61 Å². The Balaban J connectivity index is 1.55. The summed E-state index contributed by atoms with van der Waals surface area (Å²) in [4.78, 5) is 8.53. The summed E-state index contributed by atoms with van der Waals surface area (Å²) in [5, 5.41) is 6.61. The summed E-state index contributed by atoms with van der Waals surface area (Å²) in [6, 6.07) is 20.1. The zero-order chi connectivity index (χ0) is 17.3. The summed E-state index contributed by atoms with van der Waals surface area (Å²) in [5.41, 5.74) is 2.26. The number of hydrogen-bond donors (Lipinski definition) is 2. The van der Waals surface area contributed by atoms with Gasteiger partial charge in [0.2, 0.25) is 0 Å². The lowest BCUT2D eigenvalue weighted by molar-refractivity contribution is 0.340. The molecule has 0 radical (unpaired) electrons. The molecule has 25 heavy (non-hydrogen) atoms. The van der Waals surface area contributed by atoms with Crippen LogP contribution in [0.2, 0.25) is 0 Å². The van der Waals surface area contributed by atoms with E-state index in [1.54, 1.807) is 6.33 Å². The number of ether oxygens (including phenoxy) is 1. The molecule has 128 valence electrons. The Bertz CT molecular complexity index is 775. The van der Waals surface area contributed by atoms with Crippen LogP contribution in [-0.2, 0) is 6.42 Å². The molecule has 0 amide bonds. The Morgan fingerprint density at radius 1 is 0.920 bits per heavy atom. The number of nitrogens with one attached hydrogen (secondary N) is 2. The summed E-state index contributed by atoms with van der Waals surface area (Å²) in [5.74, 6) is 2.42. The zero-order valence-corrected chi connectivity index (χ0v) is 14.3. The van der Waals surface area contributed by atoms with Crippen molar-refractivity contribution in [3.05, 3.63) is 72.6 Å². The second-order valence-electron chi connectivity index (χ2n) is 5.53. The third-order valence-electron chi connectivity index (χ3n) is 3.67. The number of benzene rings is 2. The third kappa shape index (κ3) is 5.21. The van der Waals surface area contributed by atoms with Crippen LogP contribution >= 0.6 is 0 Å². The van der Waals surface area contributed by atoms with E-state index in [1.807, 2.05) is 43.3 Å². The average Bonchev–Trinajstić information content (AvgIpc) is 2.65. The first-order valence-electron chi connectivity index (χ1n) is 8.43. The van der Waals surface area contributed by atoms with Gasteiger partial charge in [-0.15, -0.1) is 0 Å². The van der Waals surface area contributed by atoms with Crippen LogP contribution in [0.25, 0.3) is 0 Å². The normalized spacial score (nSPS) is 10.3. The fourth-order valence-corrected chi connectivity index (χ4v) is 2.45. The van der Waals surface area contributed by atoms with Gasteiger partial charge in [-0.3, -0.25) is 0 Å². The van der Waals surface area contributed by atoms with Crippen molar-refractivity contribution in [2.75, 3.05) is 23.8 Å². The van der Waals surface area contributed by atoms with Crippen LogP contribution in [0.3, 0.4) is 0 Å². The van der Waals surface area contributed by atoms with E-state index < -0.39 is 0 Å². The lowest BCUT2D eigenvalue weighted by Gasteiger charge is -2.09. The molecule has 0 saturated heterocycles. The van der Waals surface area contributed by atoms with Gasteiger partial charge in [-0.25, -0.2) is 9.97 Å². The van der Waals surface area contributed by atoms with E-state index in [0.717, 1.165) is 36.0 Å². The molecule has 0 spiro atoms. The van der Waals surface area contributed by atoms with Crippen molar-refractivity contribution in [1.29, 1.82) is 0 Å². The summed E-state index contributed by atoms with van der Waals surface area (Å²) in [6.45, 7) is 3.46. The van der Waals surface area contributed by atoms with Crippen LogP contribution in [0, 0.1) is 0 Å². The first-order valence-corrected chi connectivity index (χ1v) is 8.43. The van der Waals surface area contributed by atoms with Gasteiger partial charge in [-0.2, -0.15) is 0 Å². The molecular weight excluding hydrogens is 312 g/mol. The van der Waals surface area contributed by atoms with Crippen molar-refractivity contribution in [3.63, 3.8) is 0 Å². The Kier molecular flexibility index (Phi) is 5.82. The van der Waals surface area contributed by atoms with Crippen LogP contribution in [-0.4, -0.2) is 23.1 Å². The van der Waals surface area contributed by atoms with E-state index >= 15 is 0 Å². The maximum Gasteiger partial charge on any atom is 0.135 e. The molecule has 0 fully saturated rings. The molecule has 0 aliphatic heterocycles. The molecule has 0 unspecified atom stereocenters. The Labute approximate surface area is 148 Å². The van der Waals surface area contributed by atoms with Crippen LogP contribution in [0.15, 0.2) is 67.0 Å². The molecule has 1 heterocycles. The zero-order valence-electron chi connectivity index (χ0n) is 14.3. The summed E-state index contributed by atoms with van der Waals surface area (Å²) in [7, 11) is 0. The predicted molar refractivity (Wildman–Crippen MR) is 102 cm³/mol. The summed E-state index contributed by atoms with van der Waals surface area (Å²) in [6.07, 6.45) is 2.51. The van der Waals surface area contributed by atoms with Gasteiger partial charge in [-0.05, 0) is 43.2 Å². The van der Waals surface area contributed by atoms with E-state index in [2.05, 4.69) is 44.9 Å². The fraction of sp³-hybridized carbons (Fsp3) is 0.200. The SMILES string of the molecule is CCOc1ccc(Nc2cc(NCCc3ccccc3)ncn2)cc1. The molecule has 0 saturated carbocycles. The quantitative estimate of drug-likeness (QED) is 0.644. The molecule has 2 aromatic carbocycles. The first-order chi connectivity index (χ1) is 12.3. The number of anilines is 3. The van der Waals surface area contributed by atoms with Gasteiger partial charge >= 0.3 is 0 Å². The average molecular weight is 334 g/mol. The predicted octanol–water partition coefficient (Wildman–Crippen LogP) is 4.27. The Morgan fingerprint density at radius 3 is 2.44 bits per heavy atom. The largest absolute Gasteiger partial charge is 0.494 e. The van der Waals surface area contributed by atoms with Gasteiger partial charge in [0.25, 0.3) is 0 Å².